The molecule has 0 aliphatic rings. The van der Waals surface area contributed by atoms with Crippen LogP contribution in [0.1, 0.15) is 37.6 Å². The SMILES string of the molecule is Cc1ccc(CO)cc1NS(=O)(=O)c1cn[nH]c1C(C)(C)C. The van der Waals surface area contributed by atoms with Gasteiger partial charge in [0.25, 0.3) is 10.0 Å². The number of sulfonamides is 1. The maximum absolute atomic E-state index is 12.6. The van der Waals surface area contributed by atoms with Crippen molar-refractivity contribution in [2.24, 2.45) is 0 Å². The molecule has 0 radical (unpaired) electrons. The second kappa shape index (κ2) is 5.73. The number of hydrogen-bond acceptors (Lipinski definition) is 4. The monoisotopic (exact) mass is 323 g/mol. The number of hydrogen-bond donors (Lipinski definition) is 3. The van der Waals surface area contributed by atoms with Crippen LogP contribution in [0, 0.1) is 6.92 Å². The molecule has 0 spiro atoms. The van der Waals surface area contributed by atoms with Crippen molar-refractivity contribution in [3.63, 3.8) is 0 Å². The quantitative estimate of drug-likeness (QED) is 0.804. The highest BCUT2D eigenvalue weighted by Gasteiger charge is 2.28. The van der Waals surface area contributed by atoms with Crippen LogP contribution in [0.3, 0.4) is 0 Å². The number of nitrogens with one attached hydrogen (secondary N) is 2. The van der Waals surface area contributed by atoms with E-state index in [4.69, 9.17) is 0 Å². The fraction of sp³-hybridized carbons (Fsp3) is 0.400. The van der Waals surface area contributed by atoms with Crippen molar-refractivity contribution in [1.29, 1.82) is 0 Å². The van der Waals surface area contributed by atoms with Crippen LogP contribution in [0.4, 0.5) is 5.69 Å². The molecule has 0 unspecified atom stereocenters. The Morgan fingerprint density at radius 1 is 1.32 bits per heavy atom. The molecular weight excluding hydrogens is 302 g/mol. The summed E-state index contributed by atoms with van der Waals surface area (Å²) in [6, 6.07) is 5.15. The molecule has 2 aromatic rings. The summed E-state index contributed by atoms with van der Waals surface area (Å²) in [5, 5.41) is 15.8. The number of rotatable bonds is 4. The normalized spacial score (nSPS) is 12.4. The van der Waals surface area contributed by atoms with Gasteiger partial charge in [0.05, 0.1) is 24.2 Å². The van der Waals surface area contributed by atoms with Gasteiger partial charge < -0.3 is 5.11 Å². The first-order valence-corrected chi connectivity index (χ1v) is 8.40. The van der Waals surface area contributed by atoms with Crippen molar-refractivity contribution >= 4 is 15.7 Å². The molecule has 1 aromatic heterocycles. The van der Waals surface area contributed by atoms with Crippen LogP contribution in [-0.4, -0.2) is 23.7 Å². The van der Waals surface area contributed by atoms with Crippen LogP contribution in [0.25, 0.3) is 0 Å². The van der Waals surface area contributed by atoms with Gasteiger partial charge >= 0.3 is 0 Å². The molecule has 22 heavy (non-hydrogen) atoms. The number of H-pyrrole nitrogens is 1. The van der Waals surface area contributed by atoms with Crippen LogP contribution in [-0.2, 0) is 22.0 Å². The molecule has 120 valence electrons. The standard InChI is InChI=1S/C15H21N3O3S/c1-10-5-6-11(9-19)7-12(10)18-22(20,21)13-8-16-17-14(13)15(2,3)4/h5-8,18-19H,9H2,1-4H3,(H,16,17). The van der Waals surface area contributed by atoms with Crippen molar-refractivity contribution in [2.45, 2.75) is 44.6 Å². The maximum Gasteiger partial charge on any atom is 0.265 e. The van der Waals surface area contributed by atoms with Crippen LogP contribution < -0.4 is 4.72 Å². The Morgan fingerprint density at radius 3 is 2.59 bits per heavy atom. The summed E-state index contributed by atoms with van der Waals surface area (Å²) < 4.78 is 27.9. The minimum Gasteiger partial charge on any atom is -0.392 e. The van der Waals surface area contributed by atoms with Crippen LogP contribution >= 0.6 is 0 Å². The Bertz CT molecular complexity index is 774. The number of aromatic amines is 1. The largest absolute Gasteiger partial charge is 0.392 e. The molecule has 0 bridgehead atoms. The molecule has 0 amide bonds. The van der Waals surface area contributed by atoms with E-state index in [1.165, 1.54) is 6.20 Å². The molecule has 6 nitrogen and oxygen atoms in total. The fourth-order valence-corrected chi connectivity index (χ4v) is 3.52. The van der Waals surface area contributed by atoms with Gasteiger partial charge in [0.1, 0.15) is 4.90 Å². The number of aromatic nitrogens is 2. The Morgan fingerprint density at radius 2 is 2.00 bits per heavy atom. The highest BCUT2D eigenvalue weighted by atomic mass is 32.2. The van der Waals surface area contributed by atoms with Crippen LogP contribution in [0.15, 0.2) is 29.3 Å². The number of benzene rings is 1. The van der Waals surface area contributed by atoms with E-state index in [1.807, 2.05) is 20.8 Å². The number of aryl methyl sites for hydroxylation is 1. The molecule has 3 N–H and O–H groups in total. The van der Waals surface area contributed by atoms with Gasteiger partial charge in [-0.05, 0) is 24.1 Å². The highest BCUT2D eigenvalue weighted by molar-refractivity contribution is 7.92. The summed E-state index contributed by atoms with van der Waals surface area (Å²) in [6.07, 6.45) is 1.31. The maximum atomic E-state index is 12.6. The zero-order valence-corrected chi connectivity index (χ0v) is 14.0. The first-order valence-electron chi connectivity index (χ1n) is 6.92. The Hall–Kier alpha value is -1.86. The average molecular weight is 323 g/mol. The van der Waals surface area contributed by atoms with Gasteiger partial charge in [-0.3, -0.25) is 9.82 Å². The fourth-order valence-electron chi connectivity index (χ4n) is 2.09. The van der Waals surface area contributed by atoms with Crippen molar-refractivity contribution < 1.29 is 13.5 Å². The van der Waals surface area contributed by atoms with E-state index < -0.39 is 10.0 Å². The van der Waals surface area contributed by atoms with E-state index >= 15 is 0 Å². The number of aliphatic hydroxyl groups is 1. The van der Waals surface area contributed by atoms with Crippen molar-refractivity contribution in [2.75, 3.05) is 4.72 Å². The third kappa shape index (κ3) is 3.31. The highest BCUT2D eigenvalue weighted by Crippen LogP contribution is 2.28. The summed E-state index contributed by atoms with van der Waals surface area (Å²) in [6.45, 7) is 7.40. The lowest BCUT2D eigenvalue weighted by atomic mass is 9.92. The van der Waals surface area contributed by atoms with Crippen molar-refractivity contribution in [3.05, 3.63) is 41.2 Å². The van der Waals surface area contributed by atoms with Gasteiger partial charge in [-0.1, -0.05) is 32.9 Å². The minimum atomic E-state index is -3.76. The molecule has 0 aliphatic carbocycles. The van der Waals surface area contributed by atoms with Crippen molar-refractivity contribution in [1.82, 2.24) is 10.2 Å². The van der Waals surface area contributed by atoms with Gasteiger partial charge in [-0.15, -0.1) is 0 Å². The average Bonchev–Trinajstić information content (AvgIpc) is 2.91. The van der Waals surface area contributed by atoms with Gasteiger partial charge in [0, 0.05) is 5.41 Å². The smallest absolute Gasteiger partial charge is 0.265 e. The molecule has 1 aromatic carbocycles. The molecule has 0 fully saturated rings. The van der Waals surface area contributed by atoms with E-state index in [0.717, 1.165) is 5.56 Å². The zero-order valence-electron chi connectivity index (χ0n) is 13.1. The minimum absolute atomic E-state index is 0.133. The topological polar surface area (TPSA) is 95.1 Å². The number of anilines is 1. The third-order valence-corrected chi connectivity index (χ3v) is 4.75. The van der Waals surface area contributed by atoms with Gasteiger partial charge in [0.15, 0.2) is 0 Å². The lowest BCUT2D eigenvalue weighted by Crippen LogP contribution is -2.20. The van der Waals surface area contributed by atoms with E-state index in [-0.39, 0.29) is 16.9 Å². The molecule has 0 saturated carbocycles. The molecular formula is C15H21N3O3S. The number of aliphatic hydroxyl groups excluding tert-OH is 1. The predicted molar refractivity (Wildman–Crippen MR) is 85.2 cm³/mol. The summed E-state index contributed by atoms with van der Waals surface area (Å²) in [7, 11) is -3.76. The lowest BCUT2D eigenvalue weighted by molar-refractivity contribution is 0.282. The summed E-state index contributed by atoms with van der Waals surface area (Å²) in [4.78, 5) is 0.133. The molecule has 7 heteroatoms. The summed E-state index contributed by atoms with van der Waals surface area (Å²) in [5.74, 6) is 0. The van der Waals surface area contributed by atoms with Gasteiger partial charge in [0.2, 0.25) is 0 Å². The van der Waals surface area contributed by atoms with E-state index in [1.54, 1.807) is 25.1 Å². The molecule has 0 saturated heterocycles. The summed E-state index contributed by atoms with van der Waals surface area (Å²) >= 11 is 0. The first kappa shape index (κ1) is 16.5. The number of nitrogens with zero attached hydrogens (tertiary/aromatic N) is 1. The predicted octanol–water partition coefficient (Wildman–Crippen LogP) is 2.31. The Kier molecular flexibility index (Phi) is 4.30. The van der Waals surface area contributed by atoms with E-state index in [2.05, 4.69) is 14.9 Å². The summed E-state index contributed by atoms with van der Waals surface area (Å²) in [5.41, 5.74) is 2.06. The lowest BCUT2D eigenvalue weighted by Gasteiger charge is -2.19. The van der Waals surface area contributed by atoms with E-state index in [9.17, 15) is 13.5 Å². The Labute approximate surface area is 130 Å². The van der Waals surface area contributed by atoms with Gasteiger partial charge in [-0.2, -0.15) is 5.10 Å². The first-order chi connectivity index (χ1) is 10.1. The van der Waals surface area contributed by atoms with E-state index in [0.29, 0.717) is 16.9 Å². The third-order valence-electron chi connectivity index (χ3n) is 3.37. The molecule has 0 aliphatic heterocycles. The van der Waals surface area contributed by atoms with Crippen molar-refractivity contribution in [3.8, 4) is 0 Å². The Balaban J connectivity index is 2.43. The van der Waals surface area contributed by atoms with Crippen LogP contribution in [0.5, 0.6) is 0 Å². The second-order valence-electron chi connectivity index (χ2n) is 6.27. The van der Waals surface area contributed by atoms with Gasteiger partial charge in [-0.25, -0.2) is 8.42 Å². The second-order valence-corrected chi connectivity index (χ2v) is 7.92. The molecule has 0 atom stereocenters. The molecule has 1 heterocycles. The zero-order chi connectivity index (χ0) is 16.5. The molecule has 2 rings (SSSR count). The van der Waals surface area contributed by atoms with Crippen LogP contribution in [0.2, 0.25) is 0 Å².